The Balaban J connectivity index is 2.81. The molecule has 0 aromatic carbocycles. The molecule has 0 heterocycles. The van der Waals surface area contributed by atoms with Crippen LogP contribution in [0.1, 0.15) is 0 Å². The largest absolute Gasteiger partial charge is 0.376 e. The summed E-state index contributed by atoms with van der Waals surface area (Å²) in [5.41, 5.74) is 1.08. The topological polar surface area (TPSA) is 12.0 Å². The van der Waals surface area contributed by atoms with Gasteiger partial charge in [-0.1, -0.05) is 12.2 Å². The maximum absolute atomic E-state index is 11.1. The van der Waals surface area contributed by atoms with Gasteiger partial charge in [0.05, 0.1) is 12.0 Å². The Labute approximate surface area is 45.7 Å². The summed E-state index contributed by atoms with van der Waals surface area (Å²) in [7, 11) is 0. The van der Waals surface area contributed by atoms with Gasteiger partial charge in [-0.15, -0.1) is 0 Å². The van der Waals surface area contributed by atoms with Crippen LogP contribution >= 0.6 is 12.2 Å². The highest BCUT2D eigenvalue weighted by Gasteiger charge is 1.95. The monoisotopic (exact) mass is 125 g/mol. The molecule has 0 amide bonds. The summed E-state index contributed by atoms with van der Waals surface area (Å²) in [6.45, 7) is -0.344. The van der Waals surface area contributed by atoms with Crippen molar-refractivity contribution in [3.05, 3.63) is 0 Å². The molecule has 0 aliphatic heterocycles. The molecule has 42 valence electrons. The van der Waals surface area contributed by atoms with Gasteiger partial charge in [0, 0.05) is 0 Å². The fourth-order valence-electron chi connectivity index (χ4n) is 0.137. The third-order valence-electron chi connectivity index (χ3n) is 0.355. The van der Waals surface area contributed by atoms with Gasteiger partial charge < -0.3 is 5.32 Å². The van der Waals surface area contributed by atoms with Crippen molar-refractivity contribution in [3.8, 4) is 0 Å². The lowest BCUT2D eigenvalue weighted by molar-refractivity contribution is 0.153. The van der Waals surface area contributed by atoms with Crippen LogP contribution in [-0.2, 0) is 0 Å². The molecule has 0 saturated heterocycles. The molecule has 7 heavy (non-hydrogen) atoms. The highest BCUT2D eigenvalue weighted by atomic mass is 32.1. The fraction of sp³-hybridized carbons (Fsp3) is 0.667. The lowest BCUT2D eigenvalue weighted by Gasteiger charge is -1.93. The lowest BCUT2D eigenvalue weighted by Crippen LogP contribution is -2.17. The highest BCUT2D eigenvalue weighted by Crippen LogP contribution is 1.85. The Morgan fingerprint density at radius 2 is 2.29 bits per heavy atom. The lowest BCUT2D eigenvalue weighted by atomic mass is 10.7. The maximum Gasteiger partial charge on any atom is 0.255 e. The van der Waals surface area contributed by atoms with Gasteiger partial charge in [0.2, 0.25) is 0 Å². The number of nitrogens with one attached hydrogen (secondary N) is 1. The van der Waals surface area contributed by atoms with Crippen LogP contribution < -0.4 is 5.32 Å². The summed E-state index contributed by atoms with van der Waals surface area (Å²) < 4.78 is 22.2. The molecular weight excluding hydrogens is 120 g/mol. The van der Waals surface area contributed by atoms with Gasteiger partial charge in [-0.25, -0.2) is 8.78 Å². The van der Waals surface area contributed by atoms with E-state index in [1.807, 2.05) is 0 Å². The molecule has 0 saturated carbocycles. The molecule has 0 aliphatic rings. The van der Waals surface area contributed by atoms with Gasteiger partial charge in [0.15, 0.2) is 0 Å². The predicted molar refractivity (Wildman–Crippen MR) is 27.7 cm³/mol. The van der Waals surface area contributed by atoms with E-state index < -0.39 is 6.43 Å². The quantitative estimate of drug-likeness (QED) is 0.560. The van der Waals surface area contributed by atoms with Crippen molar-refractivity contribution in [2.24, 2.45) is 0 Å². The first-order valence-electron chi connectivity index (χ1n) is 1.72. The highest BCUT2D eigenvalue weighted by molar-refractivity contribution is 7.78. The van der Waals surface area contributed by atoms with Crippen LogP contribution in [0.2, 0.25) is 0 Å². The van der Waals surface area contributed by atoms with Crippen molar-refractivity contribution in [2.45, 2.75) is 6.43 Å². The van der Waals surface area contributed by atoms with Gasteiger partial charge >= 0.3 is 0 Å². The number of alkyl halides is 2. The average molecular weight is 125 g/mol. The van der Waals surface area contributed by atoms with Gasteiger partial charge in [-0.05, 0) is 0 Å². The zero-order valence-corrected chi connectivity index (χ0v) is 4.34. The standard InChI is InChI=1S/C3H5F2NS/c4-3(5)1-6-2-7/h2-3H,1H2,(H,6,7). The van der Waals surface area contributed by atoms with Crippen molar-refractivity contribution >= 4 is 17.7 Å². The van der Waals surface area contributed by atoms with Gasteiger partial charge in [0.25, 0.3) is 6.43 Å². The first-order chi connectivity index (χ1) is 3.27. The minimum absolute atomic E-state index is 0.344. The van der Waals surface area contributed by atoms with E-state index in [1.165, 1.54) is 0 Å². The molecule has 0 aromatic rings. The second-order valence-corrected chi connectivity index (χ2v) is 1.15. The van der Waals surface area contributed by atoms with E-state index >= 15 is 0 Å². The Hall–Kier alpha value is -0.250. The van der Waals surface area contributed by atoms with E-state index in [0.717, 1.165) is 5.49 Å². The van der Waals surface area contributed by atoms with Crippen LogP contribution in [0.4, 0.5) is 8.78 Å². The SMILES string of the molecule is FC(F)CNC=S. The Morgan fingerprint density at radius 3 is 2.43 bits per heavy atom. The van der Waals surface area contributed by atoms with Gasteiger partial charge in [-0.3, -0.25) is 0 Å². The number of thiocarbonyl (C=S) groups is 1. The van der Waals surface area contributed by atoms with Crippen molar-refractivity contribution in [1.82, 2.24) is 5.32 Å². The Morgan fingerprint density at radius 1 is 1.71 bits per heavy atom. The maximum atomic E-state index is 11.1. The molecule has 0 unspecified atom stereocenters. The Kier molecular flexibility index (Phi) is 3.78. The summed E-state index contributed by atoms with van der Waals surface area (Å²) in [5.74, 6) is 0. The first-order valence-corrected chi connectivity index (χ1v) is 2.19. The second-order valence-electron chi connectivity index (χ2n) is 0.917. The second kappa shape index (κ2) is 3.92. The smallest absolute Gasteiger partial charge is 0.255 e. The van der Waals surface area contributed by atoms with Crippen molar-refractivity contribution in [1.29, 1.82) is 0 Å². The summed E-state index contributed by atoms with van der Waals surface area (Å²) in [4.78, 5) is 0. The number of hydrogen-bond donors (Lipinski definition) is 1. The molecule has 0 aliphatic carbocycles. The average Bonchev–Trinajstić information content (AvgIpc) is 1.61. The molecule has 0 aromatic heterocycles. The molecule has 0 atom stereocenters. The van der Waals surface area contributed by atoms with Crippen molar-refractivity contribution in [3.63, 3.8) is 0 Å². The van der Waals surface area contributed by atoms with Crippen LogP contribution in [0, 0.1) is 0 Å². The first kappa shape index (κ1) is 6.75. The van der Waals surface area contributed by atoms with Crippen LogP contribution in [0.5, 0.6) is 0 Å². The molecule has 0 spiro atoms. The zero-order chi connectivity index (χ0) is 5.70. The predicted octanol–water partition coefficient (Wildman–Crippen LogP) is 0.798. The van der Waals surface area contributed by atoms with Crippen LogP contribution in [0.3, 0.4) is 0 Å². The normalized spacial score (nSPS) is 9.00. The molecule has 0 bridgehead atoms. The summed E-state index contributed by atoms with van der Waals surface area (Å²) in [6.07, 6.45) is -2.31. The third-order valence-corrected chi connectivity index (χ3v) is 0.522. The van der Waals surface area contributed by atoms with Crippen LogP contribution in [0.25, 0.3) is 0 Å². The van der Waals surface area contributed by atoms with Gasteiger partial charge in [0.1, 0.15) is 0 Å². The molecule has 0 rings (SSSR count). The van der Waals surface area contributed by atoms with Gasteiger partial charge in [-0.2, -0.15) is 0 Å². The van der Waals surface area contributed by atoms with E-state index in [-0.39, 0.29) is 6.54 Å². The number of halogens is 2. The summed E-state index contributed by atoms with van der Waals surface area (Å²) >= 11 is 4.20. The zero-order valence-electron chi connectivity index (χ0n) is 3.53. The Bertz CT molecular complexity index is 56.9. The third kappa shape index (κ3) is 5.75. The molecule has 0 radical (unpaired) electrons. The van der Waals surface area contributed by atoms with Crippen molar-refractivity contribution < 1.29 is 8.78 Å². The number of rotatable bonds is 3. The van der Waals surface area contributed by atoms with E-state index in [2.05, 4.69) is 17.5 Å². The minimum atomic E-state index is -2.31. The fourth-order valence-corrected chi connectivity index (χ4v) is 0.233. The van der Waals surface area contributed by atoms with E-state index in [1.54, 1.807) is 0 Å². The van der Waals surface area contributed by atoms with Crippen LogP contribution in [-0.4, -0.2) is 18.5 Å². The van der Waals surface area contributed by atoms with E-state index in [4.69, 9.17) is 0 Å². The molecule has 0 fully saturated rings. The van der Waals surface area contributed by atoms with Crippen molar-refractivity contribution in [2.75, 3.05) is 6.54 Å². The minimum Gasteiger partial charge on any atom is -0.376 e. The molecule has 1 nitrogen and oxygen atoms in total. The summed E-state index contributed by atoms with van der Waals surface area (Å²) in [6, 6.07) is 0. The molecule has 4 heteroatoms. The van der Waals surface area contributed by atoms with E-state index in [9.17, 15) is 8.78 Å². The number of hydrogen-bond acceptors (Lipinski definition) is 1. The molecular formula is C3H5F2NS. The van der Waals surface area contributed by atoms with E-state index in [0.29, 0.717) is 0 Å². The van der Waals surface area contributed by atoms with Crippen LogP contribution in [0.15, 0.2) is 0 Å². The summed E-state index contributed by atoms with van der Waals surface area (Å²) in [5, 5.41) is 2.19. The molecule has 1 N–H and O–H groups in total.